The molecule has 1 radical (unpaired) electrons. The fourth-order valence-electron chi connectivity index (χ4n) is 0.946. The van der Waals surface area contributed by atoms with Crippen LogP contribution >= 0.6 is 0 Å². The first-order valence-electron chi connectivity index (χ1n) is 5.23. The Balaban J connectivity index is 3.91. The molecule has 1 unspecified atom stereocenters. The zero-order valence-electron chi connectivity index (χ0n) is 10.3. The second kappa shape index (κ2) is 6.35. The van der Waals surface area contributed by atoms with Crippen molar-refractivity contribution in [1.29, 1.82) is 0 Å². The monoisotopic (exact) mass is 230 g/mol. The summed E-state index contributed by atoms with van der Waals surface area (Å²) in [6, 6.07) is -0.547. The van der Waals surface area contributed by atoms with Gasteiger partial charge in [0, 0.05) is 6.04 Å². The van der Waals surface area contributed by atoms with E-state index in [0.717, 1.165) is 0 Å². The maximum atomic E-state index is 11.3. The number of carbonyl (C=O) groups is 2. The number of alkyl carbamates (subject to hydrolysis) is 1. The van der Waals surface area contributed by atoms with Gasteiger partial charge in [0.15, 0.2) is 0 Å². The minimum absolute atomic E-state index is 0.0348. The van der Waals surface area contributed by atoms with Gasteiger partial charge in [0.05, 0.1) is 13.0 Å². The molecule has 5 nitrogen and oxygen atoms in total. The summed E-state index contributed by atoms with van der Waals surface area (Å²) in [4.78, 5) is 22.3. The topological polar surface area (TPSA) is 64.6 Å². The Labute approximate surface area is 96.5 Å². The first-order chi connectivity index (χ1) is 7.24. The lowest BCUT2D eigenvalue weighted by Gasteiger charge is -2.21. The highest BCUT2D eigenvalue weighted by atomic mass is 16.6. The van der Waals surface area contributed by atoms with Crippen molar-refractivity contribution < 1.29 is 19.1 Å². The van der Waals surface area contributed by atoms with Crippen LogP contribution in [0.1, 0.15) is 34.1 Å². The largest absolute Gasteiger partial charge is 0.466 e. The van der Waals surface area contributed by atoms with Crippen LogP contribution in [0, 0.1) is 6.92 Å². The van der Waals surface area contributed by atoms with Crippen molar-refractivity contribution in [1.82, 2.24) is 5.32 Å². The second-order valence-electron chi connectivity index (χ2n) is 4.35. The molecule has 1 amide bonds. The van der Waals surface area contributed by atoms with Crippen LogP contribution in [0.15, 0.2) is 0 Å². The summed E-state index contributed by atoms with van der Waals surface area (Å²) >= 11 is 0. The highest BCUT2D eigenvalue weighted by Gasteiger charge is 2.19. The highest BCUT2D eigenvalue weighted by molar-refractivity contribution is 5.73. The predicted molar refractivity (Wildman–Crippen MR) is 59.8 cm³/mol. The van der Waals surface area contributed by atoms with E-state index in [4.69, 9.17) is 9.47 Å². The summed E-state index contributed by atoms with van der Waals surface area (Å²) in [5.74, 6) is -0.390. The standard InChI is InChI=1S/C11H20NO4/c1-6-15-9(13)7-8(2)12-10(14)16-11(3,4)5/h8H,2,6-7H2,1,3-5H3,(H,12,14). The number of amides is 1. The zero-order valence-corrected chi connectivity index (χ0v) is 10.3. The van der Waals surface area contributed by atoms with E-state index in [2.05, 4.69) is 12.2 Å². The number of hydrogen-bond acceptors (Lipinski definition) is 4. The molecule has 0 spiro atoms. The summed E-state index contributed by atoms with van der Waals surface area (Å²) in [7, 11) is 0. The van der Waals surface area contributed by atoms with Gasteiger partial charge in [-0.1, -0.05) is 0 Å². The smallest absolute Gasteiger partial charge is 0.407 e. The van der Waals surface area contributed by atoms with Crippen molar-refractivity contribution in [2.75, 3.05) is 6.61 Å². The van der Waals surface area contributed by atoms with Crippen LogP contribution in [0.4, 0.5) is 4.79 Å². The lowest BCUT2D eigenvalue weighted by molar-refractivity contribution is -0.143. The van der Waals surface area contributed by atoms with Crippen molar-refractivity contribution in [3.8, 4) is 0 Å². The van der Waals surface area contributed by atoms with Gasteiger partial charge in [-0.2, -0.15) is 0 Å². The molecule has 0 aliphatic carbocycles. The Morgan fingerprint density at radius 3 is 2.38 bits per heavy atom. The van der Waals surface area contributed by atoms with Crippen LogP contribution < -0.4 is 5.32 Å². The van der Waals surface area contributed by atoms with Crippen molar-refractivity contribution in [2.24, 2.45) is 0 Å². The number of esters is 1. The minimum atomic E-state index is -0.586. The van der Waals surface area contributed by atoms with E-state index < -0.39 is 23.7 Å². The van der Waals surface area contributed by atoms with E-state index in [9.17, 15) is 9.59 Å². The predicted octanol–water partition coefficient (Wildman–Crippen LogP) is 1.67. The molecular weight excluding hydrogens is 210 g/mol. The van der Waals surface area contributed by atoms with E-state index in [0.29, 0.717) is 6.61 Å². The molecule has 0 heterocycles. The van der Waals surface area contributed by atoms with Gasteiger partial charge in [-0.15, -0.1) is 0 Å². The van der Waals surface area contributed by atoms with Crippen LogP contribution in [-0.4, -0.2) is 30.3 Å². The molecule has 0 saturated carbocycles. The average Bonchev–Trinajstić information content (AvgIpc) is 1.98. The first-order valence-corrected chi connectivity index (χ1v) is 5.23. The molecule has 93 valence electrons. The van der Waals surface area contributed by atoms with E-state index in [1.807, 2.05) is 0 Å². The molecule has 0 aromatic carbocycles. The quantitative estimate of drug-likeness (QED) is 0.746. The van der Waals surface area contributed by atoms with Gasteiger partial charge in [0.1, 0.15) is 5.60 Å². The highest BCUT2D eigenvalue weighted by Crippen LogP contribution is 2.07. The third-order valence-electron chi connectivity index (χ3n) is 1.44. The van der Waals surface area contributed by atoms with Crippen molar-refractivity contribution in [2.45, 2.75) is 45.8 Å². The summed E-state index contributed by atoms with van der Waals surface area (Å²) in [5, 5.41) is 2.45. The molecule has 0 aromatic heterocycles. The van der Waals surface area contributed by atoms with Crippen LogP contribution in [-0.2, 0) is 14.3 Å². The van der Waals surface area contributed by atoms with Crippen LogP contribution in [0.5, 0.6) is 0 Å². The van der Waals surface area contributed by atoms with Crippen molar-refractivity contribution in [3.63, 3.8) is 0 Å². The Kier molecular flexibility index (Phi) is 5.85. The summed E-state index contributed by atoms with van der Waals surface area (Å²) in [6.45, 7) is 10.9. The molecule has 0 fully saturated rings. The zero-order chi connectivity index (χ0) is 12.8. The van der Waals surface area contributed by atoms with E-state index in [1.165, 1.54) is 0 Å². The fraction of sp³-hybridized carbons (Fsp3) is 0.727. The number of nitrogens with one attached hydrogen (secondary N) is 1. The molecule has 0 aromatic rings. The minimum Gasteiger partial charge on any atom is -0.466 e. The van der Waals surface area contributed by atoms with Gasteiger partial charge in [0.2, 0.25) is 0 Å². The molecule has 0 saturated heterocycles. The first kappa shape index (κ1) is 14.7. The van der Waals surface area contributed by atoms with E-state index >= 15 is 0 Å². The van der Waals surface area contributed by atoms with Crippen LogP contribution in [0.25, 0.3) is 0 Å². The third kappa shape index (κ3) is 8.08. The van der Waals surface area contributed by atoms with Gasteiger partial charge in [-0.25, -0.2) is 4.79 Å². The number of hydrogen-bond donors (Lipinski definition) is 1. The summed E-state index contributed by atoms with van der Waals surface area (Å²) in [5.41, 5.74) is -0.562. The van der Waals surface area contributed by atoms with Crippen molar-refractivity contribution >= 4 is 12.1 Å². The normalized spacial score (nSPS) is 12.8. The van der Waals surface area contributed by atoms with Crippen molar-refractivity contribution in [3.05, 3.63) is 6.92 Å². The molecule has 0 rings (SSSR count). The van der Waals surface area contributed by atoms with Gasteiger partial charge in [-0.3, -0.25) is 4.79 Å². The third-order valence-corrected chi connectivity index (χ3v) is 1.44. The van der Waals surface area contributed by atoms with E-state index in [1.54, 1.807) is 27.7 Å². The van der Waals surface area contributed by atoms with E-state index in [-0.39, 0.29) is 6.42 Å². The Morgan fingerprint density at radius 2 is 1.94 bits per heavy atom. The second-order valence-corrected chi connectivity index (χ2v) is 4.35. The Bertz CT molecular complexity index is 245. The van der Waals surface area contributed by atoms with Gasteiger partial charge >= 0.3 is 12.1 Å². The molecule has 1 atom stereocenters. The van der Waals surface area contributed by atoms with Crippen LogP contribution in [0.2, 0.25) is 0 Å². The number of carbonyl (C=O) groups excluding carboxylic acids is 2. The summed E-state index contributed by atoms with van der Waals surface area (Å²) in [6.07, 6.45) is -0.551. The van der Waals surface area contributed by atoms with Gasteiger partial charge in [0.25, 0.3) is 0 Å². The number of rotatable bonds is 4. The SMILES string of the molecule is [CH2]C(CC(=O)OCC)NC(=O)OC(C)(C)C. The molecule has 5 heteroatoms. The molecule has 1 N–H and O–H groups in total. The summed E-state index contributed by atoms with van der Waals surface area (Å²) < 4.78 is 9.73. The Morgan fingerprint density at radius 1 is 1.38 bits per heavy atom. The maximum absolute atomic E-state index is 11.3. The molecule has 0 aliphatic rings. The molecule has 0 bridgehead atoms. The lowest BCUT2D eigenvalue weighted by Crippen LogP contribution is -2.39. The Hall–Kier alpha value is -1.26. The molecule has 0 aliphatic heterocycles. The van der Waals surface area contributed by atoms with Gasteiger partial charge < -0.3 is 14.8 Å². The van der Waals surface area contributed by atoms with Crippen LogP contribution in [0.3, 0.4) is 0 Å². The van der Waals surface area contributed by atoms with Gasteiger partial charge in [-0.05, 0) is 34.6 Å². The maximum Gasteiger partial charge on any atom is 0.407 e. The molecule has 16 heavy (non-hydrogen) atoms. The average molecular weight is 230 g/mol. The fourth-order valence-corrected chi connectivity index (χ4v) is 0.946. The molecular formula is C11H20NO4. The number of ether oxygens (including phenoxy) is 2. The lowest BCUT2D eigenvalue weighted by atomic mass is 10.2.